The number of nitrogens with one attached hydrogen (secondary N) is 1. The number of alkyl carbamates (subject to hydrolysis) is 1. The third-order valence-electron chi connectivity index (χ3n) is 3.82. The Hall–Kier alpha value is -2.23. The fourth-order valence-electron chi connectivity index (χ4n) is 2.56. The van der Waals surface area contributed by atoms with Crippen LogP contribution in [0, 0.1) is 0 Å². The molecule has 2 aromatic heterocycles. The molecule has 0 radical (unpaired) electrons. The van der Waals surface area contributed by atoms with Crippen LogP contribution < -0.4 is 5.32 Å². The topological polar surface area (TPSA) is 84.9 Å². The smallest absolute Gasteiger partial charge is 0.408 e. The summed E-state index contributed by atoms with van der Waals surface area (Å²) in [6.07, 6.45) is 0.874. The molecule has 164 valence electrons. The number of carbonyl (C=O) groups excluding carboxylic acids is 3. The second-order valence-corrected chi connectivity index (χ2v) is 9.77. The quantitative estimate of drug-likeness (QED) is 0.398. The first-order chi connectivity index (χ1) is 14.2. The molecule has 1 unspecified atom stereocenters. The maximum atomic E-state index is 12.3. The van der Waals surface area contributed by atoms with Gasteiger partial charge in [0.25, 0.3) is 0 Å². The van der Waals surface area contributed by atoms with Crippen LogP contribution in [0.4, 0.5) is 4.79 Å². The molecule has 2 rings (SSSR count). The van der Waals surface area contributed by atoms with Crippen molar-refractivity contribution in [3.8, 4) is 0 Å². The van der Waals surface area contributed by atoms with Gasteiger partial charge < -0.3 is 19.7 Å². The molecule has 0 saturated carbocycles. The lowest BCUT2D eigenvalue weighted by Crippen LogP contribution is -2.40. The average Bonchev–Trinajstić information content (AvgIpc) is 3.33. The molecule has 2 heterocycles. The second kappa shape index (κ2) is 11.8. The van der Waals surface area contributed by atoms with Crippen molar-refractivity contribution in [1.29, 1.82) is 0 Å². The molecule has 2 aromatic rings. The van der Waals surface area contributed by atoms with Crippen molar-refractivity contribution < 1.29 is 24.0 Å². The molecule has 30 heavy (non-hydrogen) atoms. The summed E-state index contributed by atoms with van der Waals surface area (Å²) in [5, 5.41) is 8.12. The van der Waals surface area contributed by atoms with Gasteiger partial charge in [-0.15, -0.1) is 27.7 Å². The molecule has 1 atom stereocenters. The molecule has 0 aliphatic rings. The zero-order valence-corrected chi connectivity index (χ0v) is 19.1. The van der Waals surface area contributed by atoms with Crippen LogP contribution >= 0.6 is 22.7 Å². The molecule has 0 bridgehead atoms. The van der Waals surface area contributed by atoms with Crippen LogP contribution in [0.1, 0.15) is 49.8 Å². The third kappa shape index (κ3) is 9.51. The van der Waals surface area contributed by atoms with Gasteiger partial charge in [0.15, 0.2) is 0 Å². The SMILES string of the molecule is CC(C)(C)OC(=O)NC(C=O)CCCC(=O)ON(Cc1cccs1)Cc1cccs1. The van der Waals surface area contributed by atoms with Crippen molar-refractivity contribution in [3.05, 3.63) is 44.8 Å². The van der Waals surface area contributed by atoms with Crippen molar-refractivity contribution in [2.75, 3.05) is 0 Å². The Morgan fingerprint density at radius 1 is 1.13 bits per heavy atom. The first-order valence-corrected chi connectivity index (χ1v) is 11.5. The summed E-state index contributed by atoms with van der Waals surface area (Å²) in [6, 6.07) is 7.21. The number of nitrogens with zero attached hydrogens (tertiary/aromatic N) is 1. The standard InChI is InChI=1S/C21H28N2O5S2/c1-21(2,3)27-20(26)22-16(15-24)7-4-10-19(25)28-23(13-17-8-5-11-29-17)14-18-9-6-12-30-18/h5-6,8-9,11-12,15-16H,4,7,10,13-14H2,1-3H3,(H,22,26). The first kappa shape index (κ1) is 24.0. The van der Waals surface area contributed by atoms with E-state index in [1.54, 1.807) is 48.5 Å². The summed E-state index contributed by atoms with van der Waals surface area (Å²) in [5.74, 6) is -0.370. The van der Waals surface area contributed by atoms with Gasteiger partial charge in [0.05, 0.1) is 19.1 Å². The van der Waals surface area contributed by atoms with Gasteiger partial charge in [0, 0.05) is 16.2 Å². The number of aldehydes is 1. The van der Waals surface area contributed by atoms with Crippen molar-refractivity contribution >= 4 is 41.0 Å². The maximum absolute atomic E-state index is 12.3. The Labute approximate surface area is 184 Å². The summed E-state index contributed by atoms with van der Waals surface area (Å²) in [6.45, 7) is 6.26. The van der Waals surface area contributed by atoms with Gasteiger partial charge in [-0.1, -0.05) is 12.1 Å². The summed E-state index contributed by atoms with van der Waals surface area (Å²) in [7, 11) is 0. The van der Waals surface area contributed by atoms with Gasteiger partial charge in [-0.3, -0.25) is 4.79 Å². The van der Waals surface area contributed by atoms with Crippen LogP contribution in [0.3, 0.4) is 0 Å². The Balaban J connectivity index is 1.79. The van der Waals surface area contributed by atoms with Crippen molar-refractivity contribution in [2.45, 2.75) is 64.8 Å². The normalized spacial score (nSPS) is 12.4. The molecule has 0 spiro atoms. The number of thiophene rings is 2. The predicted molar refractivity (Wildman–Crippen MR) is 117 cm³/mol. The fraction of sp³-hybridized carbons (Fsp3) is 0.476. The van der Waals surface area contributed by atoms with Crippen LogP contribution in [0.25, 0.3) is 0 Å². The number of hydroxylamine groups is 2. The summed E-state index contributed by atoms with van der Waals surface area (Å²) >= 11 is 3.21. The predicted octanol–water partition coefficient (Wildman–Crippen LogP) is 4.53. The van der Waals surface area contributed by atoms with Crippen LogP contribution in [0.15, 0.2) is 35.0 Å². The number of carbonyl (C=O) groups is 3. The van der Waals surface area contributed by atoms with Crippen molar-refractivity contribution in [1.82, 2.24) is 10.4 Å². The van der Waals surface area contributed by atoms with E-state index in [-0.39, 0.29) is 12.4 Å². The number of hydrogen-bond acceptors (Lipinski definition) is 8. The van der Waals surface area contributed by atoms with Gasteiger partial charge >= 0.3 is 12.1 Å². The Bertz CT molecular complexity index is 749. The van der Waals surface area contributed by atoms with Gasteiger partial charge in [-0.25, -0.2) is 4.79 Å². The summed E-state index contributed by atoms with van der Waals surface area (Å²) in [5.41, 5.74) is -0.643. The summed E-state index contributed by atoms with van der Waals surface area (Å²) in [4.78, 5) is 43.1. The lowest BCUT2D eigenvalue weighted by atomic mass is 10.1. The highest BCUT2D eigenvalue weighted by molar-refractivity contribution is 7.10. The average molecular weight is 453 g/mol. The first-order valence-electron chi connectivity index (χ1n) is 9.70. The van der Waals surface area contributed by atoms with Crippen molar-refractivity contribution in [3.63, 3.8) is 0 Å². The minimum absolute atomic E-state index is 0.145. The number of rotatable bonds is 11. The van der Waals surface area contributed by atoms with E-state index in [1.807, 2.05) is 35.0 Å². The molecule has 0 fully saturated rings. The highest BCUT2D eigenvalue weighted by atomic mass is 32.1. The van der Waals surface area contributed by atoms with E-state index in [4.69, 9.17) is 9.57 Å². The largest absolute Gasteiger partial charge is 0.444 e. The van der Waals surface area contributed by atoms with E-state index < -0.39 is 17.7 Å². The molecular formula is C21H28N2O5S2. The molecule has 1 amide bonds. The molecule has 1 N–H and O–H groups in total. The van der Waals surface area contributed by atoms with Crippen LogP contribution in [0.2, 0.25) is 0 Å². The molecule has 0 aromatic carbocycles. The zero-order valence-electron chi connectivity index (χ0n) is 17.5. The molecule has 0 aliphatic carbocycles. The van der Waals surface area contributed by atoms with E-state index in [0.29, 0.717) is 32.2 Å². The highest BCUT2D eigenvalue weighted by Crippen LogP contribution is 2.18. The Morgan fingerprint density at radius 2 is 1.73 bits per heavy atom. The maximum Gasteiger partial charge on any atom is 0.408 e. The lowest BCUT2D eigenvalue weighted by Gasteiger charge is -2.22. The molecule has 0 aliphatic heterocycles. The van der Waals surface area contributed by atoms with E-state index in [0.717, 1.165) is 9.75 Å². The van der Waals surface area contributed by atoms with Gasteiger partial charge in [-0.2, -0.15) is 0 Å². The Kier molecular flexibility index (Phi) is 9.48. The van der Waals surface area contributed by atoms with Crippen LogP contribution in [0.5, 0.6) is 0 Å². The molecular weight excluding hydrogens is 424 g/mol. The molecule has 9 heteroatoms. The lowest BCUT2D eigenvalue weighted by molar-refractivity contribution is -0.196. The van der Waals surface area contributed by atoms with E-state index in [2.05, 4.69) is 5.32 Å². The Morgan fingerprint density at radius 3 is 2.20 bits per heavy atom. The second-order valence-electron chi connectivity index (χ2n) is 7.70. The van der Waals surface area contributed by atoms with Gasteiger partial charge in [0.1, 0.15) is 11.9 Å². The van der Waals surface area contributed by atoms with E-state index in [9.17, 15) is 14.4 Å². The number of hydrogen-bond donors (Lipinski definition) is 1. The van der Waals surface area contributed by atoms with E-state index in [1.165, 1.54) is 0 Å². The van der Waals surface area contributed by atoms with Crippen molar-refractivity contribution in [2.24, 2.45) is 0 Å². The van der Waals surface area contributed by atoms with Crippen LogP contribution in [-0.2, 0) is 32.3 Å². The minimum atomic E-state index is -0.707. The fourth-order valence-corrected chi connectivity index (χ4v) is 3.98. The molecule has 7 nitrogen and oxygen atoms in total. The number of ether oxygens (including phenoxy) is 1. The van der Waals surface area contributed by atoms with E-state index >= 15 is 0 Å². The number of amides is 1. The third-order valence-corrected chi connectivity index (χ3v) is 5.54. The highest BCUT2D eigenvalue weighted by Gasteiger charge is 2.20. The van der Waals surface area contributed by atoms with Gasteiger partial charge in [0.2, 0.25) is 0 Å². The minimum Gasteiger partial charge on any atom is -0.444 e. The zero-order chi connectivity index (χ0) is 22.0. The monoisotopic (exact) mass is 452 g/mol. The van der Waals surface area contributed by atoms with Crippen LogP contribution in [-0.4, -0.2) is 35.1 Å². The van der Waals surface area contributed by atoms with Gasteiger partial charge in [-0.05, 0) is 56.5 Å². The molecule has 0 saturated heterocycles. The summed E-state index contributed by atoms with van der Waals surface area (Å²) < 4.78 is 5.14.